The van der Waals surface area contributed by atoms with Crippen molar-refractivity contribution >= 4 is 0 Å². The van der Waals surface area contributed by atoms with Crippen LogP contribution in [-0.2, 0) is 10.8 Å². The van der Waals surface area contributed by atoms with E-state index < -0.39 is 10.8 Å². The molecule has 0 fully saturated rings. The first-order chi connectivity index (χ1) is 26.8. The highest BCUT2D eigenvalue weighted by molar-refractivity contribution is 5.64. The van der Waals surface area contributed by atoms with Gasteiger partial charge < -0.3 is 25.5 Å². The lowest BCUT2D eigenvalue weighted by atomic mass is 9.63. The van der Waals surface area contributed by atoms with Gasteiger partial charge >= 0.3 is 0 Å². The van der Waals surface area contributed by atoms with E-state index in [0.29, 0.717) is 5.75 Å². The summed E-state index contributed by atoms with van der Waals surface area (Å²) in [5.41, 5.74) is 6.27. The number of para-hydroxylation sites is 1. The largest absolute Gasteiger partial charge is 0.508 e. The lowest BCUT2D eigenvalue weighted by molar-refractivity contribution is 0.473. The Morgan fingerprint density at radius 3 is 0.545 bits per heavy atom. The molecule has 8 aromatic carbocycles. The van der Waals surface area contributed by atoms with E-state index in [2.05, 4.69) is 48.5 Å². The average molecular weight is 721 g/mol. The summed E-state index contributed by atoms with van der Waals surface area (Å²) < 4.78 is 0. The van der Waals surface area contributed by atoms with Crippen LogP contribution in [0.5, 0.6) is 28.7 Å². The van der Waals surface area contributed by atoms with E-state index in [-0.39, 0.29) is 23.0 Å². The molecule has 5 nitrogen and oxygen atoms in total. The van der Waals surface area contributed by atoms with E-state index in [1.807, 2.05) is 91.0 Å². The molecule has 270 valence electrons. The van der Waals surface area contributed by atoms with E-state index in [0.717, 1.165) is 44.5 Å². The summed E-state index contributed by atoms with van der Waals surface area (Å²) >= 11 is 0. The molecule has 8 rings (SSSR count). The van der Waals surface area contributed by atoms with Crippen molar-refractivity contribution in [2.75, 3.05) is 0 Å². The number of phenols is 5. The van der Waals surface area contributed by atoms with Crippen LogP contribution < -0.4 is 0 Å². The van der Waals surface area contributed by atoms with Gasteiger partial charge in [-0.2, -0.15) is 0 Å². The molecule has 5 heteroatoms. The van der Waals surface area contributed by atoms with Gasteiger partial charge in [0, 0.05) is 0 Å². The van der Waals surface area contributed by atoms with Crippen molar-refractivity contribution in [2.24, 2.45) is 0 Å². The Balaban J connectivity index is 0.000000599. The second kappa shape index (κ2) is 15.8. The molecule has 5 N–H and O–H groups in total. The lowest BCUT2D eigenvalue weighted by Crippen LogP contribution is -2.33. The first-order valence-electron chi connectivity index (χ1n) is 18.0. The highest BCUT2D eigenvalue weighted by Gasteiger charge is 2.41. The summed E-state index contributed by atoms with van der Waals surface area (Å²) in [6, 6.07) is 67.1. The Kier molecular flexibility index (Phi) is 10.4. The summed E-state index contributed by atoms with van der Waals surface area (Å²) in [7, 11) is 0. The zero-order chi connectivity index (χ0) is 38.3. The fourth-order valence-corrected chi connectivity index (χ4v) is 7.62. The van der Waals surface area contributed by atoms with E-state index >= 15 is 0 Å². The zero-order valence-corrected chi connectivity index (χ0v) is 29.9. The van der Waals surface area contributed by atoms with Gasteiger partial charge in [-0.1, -0.05) is 152 Å². The first-order valence-corrected chi connectivity index (χ1v) is 18.0. The van der Waals surface area contributed by atoms with Gasteiger partial charge in [-0.3, -0.25) is 0 Å². The van der Waals surface area contributed by atoms with Gasteiger partial charge in [0.05, 0.1) is 10.8 Å². The highest BCUT2D eigenvalue weighted by Crippen LogP contribution is 2.49. The Bertz CT molecular complexity index is 2160. The summed E-state index contributed by atoms with van der Waals surface area (Å²) in [5.74, 6) is 1.03. The Hall–Kier alpha value is -7.24. The predicted octanol–water partition coefficient (Wildman–Crippen LogP) is 10.7. The van der Waals surface area contributed by atoms with Crippen LogP contribution in [0.3, 0.4) is 0 Å². The minimum Gasteiger partial charge on any atom is -0.508 e. The van der Waals surface area contributed by atoms with Gasteiger partial charge in [0.2, 0.25) is 0 Å². The summed E-state index contributed by atoms with van der Waals surface area (Å²) in [6.45, 7) is 0. The number of phenolic OH excluding ortho intramolecular Hbond substituents is 5. The molecule has 0 atom stereocenters. The van der Waals surface area contributed by atoms with Crippen LogP contribution in [0.15, 0.2) is 212 Å². The Morgan fingerprint density at radius 1 is 0.182 bits per heavy atom. The van der Waals surface area contributed by atoms with Gasteiger partial charge in [0.1, 0.15) is 28.7 Å². The monoisotopic (exact) mass is 720 g/mol. The molecule has 0 aliphatic carbocycles. The molecule has 0 saturated heterocycles. The number of hydrogen-bond acceptors (Lipinski definition) is 5. The molecule has 0 unspecified atom stereocenters. The lowest BCUT2D eigenvalue weighted by Gasteiger charge is -2.39. The van der Waals surface area contributed by atoms with Crippen molar-refractivity contribution in [3.05, 3.63) is 257 Å². The van der Waals surface area contributed by atoms with Crippen molar-refractivity contribution in [2.45, 2.75) is 10.8 Å². The van der Waals surface area contributed by atoms with E-state index in [1.165, 1.54) is 0 Å². The van der Waals surface area contributed by atoms with E-state index in [4.69, 9.17) is 5.11 Å². The molecular weight excluding hydrogens is 681 g/mol. The predicted molar refractivity (Wildman–Crippen MR) is 218 cm³/mol. The second-order valence-electron chi connectivity index (χ2n) is 13.3. The molecule has 0 amide bonds. The van der Waals surface area contributed by atoms with Gasteiger partial charge in [0.25, 0.3) is 0 Å². The van der Waals surface area contributed by atoms with Gasteiger partial charge in [0.15, 0.2) is 0 Å². The third-order valence-electron chi connectivity index (χ3n) is 10.1. The van der Waals surface area contributed by atoms with Crippen LogP contribution in [0.2, 0.25) is 0 Å². The standard InChI is InChI=1S/C44H34O4.C6H6O/c45-39-23-15-35(16-24-39)43(31-7-3-1-4-8-31,36-17-25-40(46)26-18-36)33-11-13-34(14-12-33)44(32-9-5-2-6-10-32,37-19-27-41(47)28-20-37)38-21-29-42(48)30-22-38;7-6-4-2-1-3-5-6/h1-30,45-48H;1-5,7H. The number of hydrogen-bond donors (Lipinski definition) is 5. The minimum absolute atomic E-state index is 0.178. The van der Waals surface area contributed by atoms with Crippen molar-refractivity contribution < 1.29 is 25.5 Å². The van der Waals surface area contributed by atoms with Gasteiger partial charge in [-0.25, -0.2) is 0 Å². The zero-order valence-electron chi connectivity index (χ0n) is 29.9. The number of rotatable bonds is 8. The third-order valence-corrected chi connectivity index (χ3v) is 10.1. The van der Waals surface area contributed by atoms with Crippen molar-refractivity contribution in [3.63, 3.8) is 0 Å². The number of benzene rings is 8. The smallest absolute Gasteiger partial charge is 0.115 e. The average Bonchev–Trinajstić information content (AvgIpc) is 3.23. The fraction of sp³-hybridized carbons (Fsp3) is 0.0400. The molecule has 0 aromatic heterocycles. The van der Waals surface area contributed by atoms with Crippen LogP contribution in [0.4, 0.5) is 0 Å². The fourth-order valence-electron chi connectivity index (χ4n) is 7.62. The van der Waals surface area contributed by atoms with Crippen molar-refractivity contribution in [1.29, 1.82) is 0 Å². The van der Waals surface area contributed by atoms with E-state index in [9.17, 15) is 20.4 Å². The molecule has 55 heavy (non-hydrogen) atoms. The maximum atomic E-state index is 10.3. The molecule has 8 aromatic rings. The molecule has 0 aliphatic rings. The molecule has 0 spiro atoms. The highest BCUT2D eigenvalue weighted by atomic mass is 16.3. The van der Waals surface area contributed by atoms with Gasteiger partial charge in [-0.15, -0.1) is 0 Å². The Morgan fingerprint density at radius 2 is 0.345 bits per heavy atom. The molecule has 0 bridgehead atoms. The van der Waals surface area contributed by atoms with Crippen LogP contribution in [0.25, 0.3) is 0 Å². The topological polar surface area (TPSA) is 101 Å². The molecule has 0 heterocycles. The molecule has 0 radical (unpaired) electrons. The maximum absolute atomic E-state index is 10.3. The third kappa shape index (κ3) is 7.11. The summed E-state index contributed by atoms with van der Waals surface area (Å²) in [5, 5.41) is 49.8. The quantitative estimate of drug-likeness (QED) is 0.101. The van der Waals surface area contributed by atoms with Gasteiger partial charge in [-0.05, 0) is 105 Å². The minimum atomic E-state index is -0.798. The second-order valence-corrected chi connectivity index (χ2v) is 13.3. The van der Waals surface area contributed by atoms with Crippen molar-refractivity contribution in [3.8, 4) is 28.7 Å². The number of aromatic hydroxyl groups is 5. The summed E-state index contributed by atoms with van der Waals surface area (Å²) in [4.78, 5) is 0. The normalized spacial score (nSPS) is 11.3. The maximum Gasteiger partial charge on any atom is 0.115 e. The SMILES string of the molecule is Oc1ccc(C(c2ccccc2)(c2ccc(O)cc2)c2ccc(C(c3ccccc3)(c3ccc(O)cc3)c3ccc(O)cc3)cc2)cc1.Oc1ccccc1. The van der Waals surface area contributed by atoms with E-state index in [1.54, 1.807) is 72.8 Å². The molecule has 0 saturated carbocycles. The first kappa shape index (κ1) is 36.1. The van der Waals surface area contributed by atoms with Crippen LogP contribution in [0.1, 0.15) is 44.5 Å². The van der Waals surface area contributed by atoms with Crippen LogP contribution in [0, 0.1) is 0 Å². The molecule has 0 aliphatic heterocycles. The van der Waals surface area contributed by atoms with Crippen LogP contribution >= 0.6 is 0 Å². The molecular formula is C50H40O5. The van der Waals surface area contributed by atoms with Crippen molar-refractivity contribution in [1.82, 2.24) is 0 Å². The summed E-state index contributed by atoms with van der Waals surface area (Å²) in [6.07, 6.45) is 0. The van der Waals surface area contributed by atoms with Crippen LogP contribution in [-0.4, -0.2) is 25.5 Å². The Labute approximate surface area is 321 Å².